The molecule has 0 unspecified atom stereocenters. The fraction of sp³-hybridized carbons (Fsp3) is 0.485. The molecule has 133 heavy (non-hydrogen) atoms. The lowest BCUT2D eigenvalue weighted by molar-refractivity contribution is 0.0910. The normalized spacial score (nSPS) is 12.1. The summed E-state index contributed by atoms with van der Waals surface area (Å²) in [6.07, 6.45) is 1.26. The van der Waals surface area contributed by atoms with Crippen molar-refractivity contribution in [1.82, 2.24) is 10.6 Å². The minimum absolute atomic E-state index is 0.0482. The fourth-order valence-electron chi connectivity index (χ4n) is 11.6. The molecule has 0 spiro atoms. The lowest BCUT2D eigenvalue weighted by Gasteiger charge is -2.20. The second-order valence-electron chi connectivity index (χ2n) is 37.4. The number of amides is 2. The van der Waals surface area contributed by atoms with Gasteiger partial charge in [-0.25, -0.2) is 75.8 Å². The molecule has 0 saturated carbocycles. The van der Waals surface area contributed by atoms with Gasteiger partial charge in [0.1, 0.15) is 21.3 Å². The summed E-state index contributed by atoms with van der Waals surface area (Å²) in [6, 6.07) is 53.1. The molecule has 0 aliphatic rings. The second-order valence-corrected chi connectivity index (χ2v) is 57.1. The molecule has 0 radical (unpaired) electrons. The van der Waals surface area contributed by atoms with Gasteiger partial charge in [0.15, 0.2) is 78.7 Å². The molecule has 8 rings (SSSR count). The Morgan fingerprint density at radius 3 is 0.857 bits per heavy atom. The first-order valence-corrected chi connectivity index (χ1v) is 59.5. The molecule has 0 aliphatic carbocycles. The Bertz CT molecular complexity index is 6010. The lowest BCUT2D eigenvalue weighted by atomic mass is 10.1. The van der Waals surface area contributed by atoms with Gasteiger partial charge < -0.3 is 20.1 Å². The zero-order valence-corrected chi connectivity index (χ0v) is 91.5. The van der Waals surface area contributed by atoms with E-state index in [0.717, 1.165) is 0 Å². The van der Waals surface area contributed by atoms with Crippen molar-refractivity contribution in [3.8, 4) is 11.5 Å². The van der Waals surface area contributed by atoms with Gasteiger partial charge >= 0.3 is 0 Å². The number of ether oxygens (including phenoxy) is 2. The second kappa shape index (κ2) is 57.2. The third-order valence-electron chi connectivity index (χ3n) is 16.4. The van der Waals surface area contributed by atoms with E-state index in [1.54, 1.807) is 171 Å². The Morgan fingerprint density at radius 1 is 0.271 bits per heavy atom. The van der Waals surface area contributed by atoms with Gasteiger partial charge in [-0.1, -0.05) is 208 Å². The van der Waals surface area contributed by atoms with E-state index in [1.165, 1.54) is 43.7 Å². The maximum Gasteiger partial charge on any atom is 0.251 e. The summed E-state index contributed by atoms with van der Waals surface area (Å²) in [4.78, 5) is 26.4. The van der Waals surface area contributed by atoms with E-state index in [1.807, 2.05) is 172 Å². The van der Waals surface area contributed by atoms with Crippen LogP contribution < -0.4 is 20.1 Å². The number of methoxy groups -OCH3 is 2. The predicted octanol–water partition coefficient (Wildman–Crippen LogP) is 20.7. The highest BCUT2D eigenvalue weighted by molar-refractivity contribution is 7.93. The van der Waals surface area contributed by atoms with E-state index < -0.39 is 88.5 Å². The van der Waals surface area contributed by atoms with E-state index in [2.05, 4.69) is 10.6 Å². The number of sulfone groups is 9. The molecule has 0 aliphatic heterocycles. The first-order valence-electron chi connectivity index (χ1n) is 43.1. The highest BCUT2D eigenvalue weighted by Gasteiger charge is 2.26. The highest BCUT2D eigenvalue weighted by atomic mass is 35.5. The van der Waals surface area contributed by atoms with Crippen LogP contribution in [0.1, 0.15) is 187 Å². The quantitative estimate of drug-likeness (QED) is 0.0422. The molecule has 2 amide bonds. The van der Waals surface area contributed by atoms with E-state index in [0.29, 0.717) is 67.9 Å². The van der Waals surface area contributed by atoms with Gasteiger partial charge in [0, 0.05) is 38.5 Å². The molecule has 24 nitrogen and oxygen atoms in total. The molecule has 2 N–H and O–H groups in total. The predicted molar refractivity (Wildman–Crippen MR) is 544 cm³/mol. The van der Waals surface area contributed by atoms with Crippen molar-refractivity contribution < 1.29 is 94.8 Å². The number of nitrogens with one attached hydrogen (secondary N) is 2. The molecule has 0 fully saturated rings. The number of benzene rings is 8. The number of rotatable bonds is 30. The van der Waals surface area contributed by atoms with Gasteiger partial charge in [0.2, 0.25) is 0 Å². The van der Waals surface area contributed by atoms with Gasteiger partial charge in [-0.15, -0.1) is 0 Å². The molecule has 0 saturated heterocycles. The summed E-state index contributed by atoms with van der Waals surface area (Å²) in [5.74, 6) is 3.47. The minimum atomic E-state index is -3.34. The number of halogens is 3. The van der Waals surface area contributed by atoms with Crippen LogP contribution in [0.25, 0.3) is 0 Å². The molecule has 0 bridgehead atoms. The summed E-state index contributed by atoms with van der Waals surface area (Å²) in [6.45, 7) is 45.2. The Labute approximate surface area is 813 Å². The van der Waals surface area contributed by atoms with Crippen LogP contribution in [0.3, 0.4) is 0 Å². The Kier molecular flexibility index (Phi) is 54.1. The average Bonchev–Trinajstić information content (AvgIpc) is 0.812. The Balaban J connectivity index is 0.00000149. The summed E-state index contributed by atoms with van der Waals surface area (Å²) >= 11 is 17.2. The number of carbonyl (C=O) groups excluding carboxylic acids is 2. The van der Waals surface area contributed by atoms with Crippen molar-refractivity contribution in [2.75, 3.05) is 72.3 Å². The molecule has 0 heterocycles. The summed E-state index contributed by atoms with van der Waals surface area (Å²) in [7, 11) is -25.2. The van der Waals surface area contributed by atoms with Crippen LogP contribution in [-0.2, 0) is 88.5 Å². The van der Waals surface area contributed by atoms with Crippen molar-refractivity contribution in [1.29, 1.82) is 0 Å². The number of carbonyl (C=O) groups is 2. The zero-order chi connectivity index (χ0) is 103. The molecular weight excluding hydrogens is 1940 g/mol. The van der Waals surface area contributed by atoms with Gasteiger partial charge in [0.25, 0.3) is 11.8 Å². The van der Waals surface area contributed by atoms with Crippen LogP contribution in [0.5, 0.6) is 11.5 Å². The first kappa shape index (κ1) is 126. The van der Waals surface area contributed by atoms with Gasteiger partial charge in [-0.05, 0) is 246 Å². The van der Waals surface area contributed by atoms with E-state index >= 15 is 0 Å². The molecule has 8 aromatic rings. The topological polar surface area (TPSA) is 384 Å². The van der Waals surface area contributed by atoms with E-state index in [-0.39, 0.29) is 137 Å². The van der Waals surface area contributed by atoms with Crippen LogP contribution in [0.2, 0.25) is 15.1 Å². The van der Waals surface area contributed by atoms with E-state index in [9.17, 15) is 85.3 Å². The van der Waals surface area contributed by atoms with Crippen LogP contribution >= 0.6 is 34.8 Å². The Morgan fingerprint density at radius 2 is 0.541 bits per heavy atom. The van der Waals surface area contributed by atoms with Crippen molar-refractivity contribution >= 4 is 135 Å². The summed E-state index contributed by atoms with van der Waals surface area (Å²) in [5.41, 5.74) is 0.150. The summed E-state index contributed by atoms with van der Waals surface area (Å²) in [5, 5.41) is 6.96. The summed E-state index contributed by atoms with van der Waals surface area (Å²) < 4.78 is 220. The molecule has 748 valence electrons. The monoisotopic (exact) mass is 2080 g/mol. The van der Waals surface area contributed by atoms with Crippen LogP contribution in [0.15, 0.2) is 239 Å². The molecule has 36 heteroatoms. The maximum atomic E-state index is 12.2. The van der Waals surface area contributed by atoms with Gasteiger partial charge in [-0.3, -0.25) is 9.59 Å². The van der Waals surface area contributed by atoms with Crippen molar-refractivity contribution in [3.63, 3.8) is 0 Å². The van der Waals surface area contributed by atoms with Gasteiger partial charge in [0.05, 0.1) is 110 Å². The van der Waals surface area contributed by atoms with Crippen molar-refractivity contribution in [2.24, 2.45) is 53.3 Å². The standard InChI is InChI=1S/2C15H23NO3S.2C11H16O3S.3C10H13ClO2S.C10H14O2S.C5H12O2S/c1-11(2)10-20(18,19)13-8-6-12(7-9-13)14(17)16-15(3,4)5;1-11(2)10-20(18,19)13-8-6-7-12(9-13)14(17)16-15(3,4)5;1-9(2)8-15(12,13)11-6-4-10(14-3)5-7-11;1-9(2)8-15(12,13)11-6-4-5-10(7-11)14-3;1-8(2)7-14(12,13)10-5-3-9(11)4-6-10;1-8(2)7-14(12,13)10-5-3-4-9(11)6-10;1-8(2)7-14(12,13)10-6-4-3-5-9(10)11;1-9(2)8-13(11,12)10-6-4-3-5-7-10;1-5(2)4-8(3,6)7/h2*6-9,11H,10H2,1-5H3,(H,16,17);2*4-7,9H,8H2,1-3H3;3*3-6,8H,7H2,1-2H3;3-7,9H,8H2,1-2H3;5H,4H2,1-3H3. The SMILES string of the molecule is CC(C)CS(=O)(=O)c1ccc(C(=O)NC(C)(C)C)cc1.CC(C)CS(=O)(=O)c1ccc(Cl)cc1.CC(C)CS(=O)(=O)c1cccc(C(=O)NC(C)(C)C)c1.CC(C)CS(=O)(=O)c1cccc(Cl)c1.CC(C)CS(=O)(=O)c1ccccc1.CC(C)CS(=O)(=O)c1ccccc1Cl.CC(C)CS(C)(=O)=O.COc1ccc(S(=O)(=O)CC(C)C)cc1.COc1cccc(S(=O)(=O)CC(C)C)c1. The van der Waals surface area contributed by atoms with Gasteiger partial charge in [-0.2, -0.15) is 0 Å². The zero-order valence-electron chi connectivity index (χ0n) is 81.9. The number of hydrogen-bond donors (Lipinski definition) is 2. The van der Waals surface area contributed by atoms with E-state index in [4.69, 9.17) is 44.3 Å². The third kappa shape index (κ3) is 53.9. The molecular formula is C97H143Cl3N2O22S9. The minimum Gasteiger partial charge on any atom is -0.497 e. The lowest BCUT2D eigenvalue weighted by Crippen LogP contribution is -2.40. The fourth-order valence-corrected chi connectivity index (χ4v) is 26.8. The van der Waals surface area contributed by atoms with Crippen molar-refractivity contribution in [3.05, 3.63) is 226 Å². The Hall–Kier alpha value is -7.28. The first-order chi connectivity index (χ1) is 60.6. The van der Waals surface area contributed by atoms with Crippen molar-refractivity contribution in [2.45, 2.75) is 216 Å². The molecule has 0 atom stereocenters. The third-order valence-corrected chi connectivity index (χ3v) is 35.3. The number of hydrogen-bond acceptors (Lipinski definition) is 22. The average molecular weight is 2080 g/mol. The smallest absolute Gasteiger partial charge is 0.251 e. The van der Waals surface area contributed by atoms with Crippen LogP contribution in [0.4, 0.5) is 0 Å². The molecule has 0 aromatic heterocycles. The molecule has 8 aromatic carbocycles. The maximum absolute atomic E-state index is 12.2. The van der Waals surface area contributed by atoms with Crippen LogP contribution in [0, 0.1) is 53.3 Å². The van der Waals surface area contributed by atoms with Crippen LogP contribution in [-0.4, -0.2) is 171 Å². The highest BCUT2D eigenvalue weighted by Crippen LogP contribution is 2.27. The largest absolute Gasteiger partial charge is 0.497 e.